The summed E-state index contributed by atoms with van der Waals surface area (Å²) in [5, 5.41) is 3.78. The Kier molecular flexibility index (Phi) is 5.15. The predicted octanol–water partition coefficient (Wildman–Crippen LogP) is 3.74. The maximum atomic E-state index is 4.97. The first-order chi connectivity index (χ1) is 10.8. The predicted molar refractivity (Wildman–Crippen MR) is 99.7 cm³/mol. The minimum absolute atomic E-state index is 0. The topological polar surface area (TPSA) is 27.6 Å². The van der Waals surface area contributed by atoms with Crippen molar-refractivity contribution >= 4 is 23.9 Å². The van der Waals surface area contributed by atoms with E-state index in [0.717, 1.165) is 30.8 Å². The van der Waals surface area contributed by atoms with Gasteiger partial charge < -0.3 is 10.2 Å². The fourth-order valence-corrected chi connectivity index (χ4v) is 4.83. The van der Waals surface area contributed by atoms with Crippen molar-refractivity contribution in [1.82, 2.24) is 5.32 Å². The summed E-state index contributed by atoms with van der Waals surface area (Å²) in [6.45, 7) is 1.88. The molecule has 2 aliphatic carbocycles. The van der Waals surface area contributed by atoms with Gasteiger partial charge in [0.15, 0.2) is 0 Å². The van der Waals surface area contributed by atoms with E-state index < -0.39 is 0 Å². The number of nitrogens with one attached hydrogen (secondary N) is 1. The van der Waals surface area contributed by atoms with Crippen molar-refractivity contribution in [3.8, 4) is 0 Å². The van der Waals surface area contributed by atoms with Crippen LogP contribution in [0.4, 0.5) is 5.69 Å². The van der Waals surface area contributed by atoms with Crippen LogP contribution in [0.1, 0.15) is 32.1 Å². The fourth-order valence-electron chi connectivity index (χ4n) is 4.83. The third-order valence-electron chi connectivity index (χ3n) is 5.79. The third kappa shape index (κ3) is 3.65. The van der Waals surface area contributed by atoms with Crippen LogP contribution in [0.15, 0.2) is 35.3 Å². The maximum Gasteiger partial charge on any atom is 0.0997 e. The van der Waals surface area contributed by atoms with Gasteiger partial charge in [-0.15, -0.1) is 12.4 Å². The molecule has 2 unspecified atom stereocenters. The molecule has 5 rings (SSSR count). The fraction of sp³-hybridized carbons (Fsp3) is 0.632. The molecule has 1 N–H and O–H groups in total. The smallest absolute Gasteiger partial charge is 0.0997 e. The maximum absolute atomic E-state index is 4.97. The monoisotopic (exact) mass is 333 g/mol. The zero-order valence-electron chi connectivity index (χ0n) is 13.9. The zero-order chi connectivity index (χ0) is 14.9. The second-order valence-electron chi connectivity index (χ2n) is 7.47. The van der Waals surface area contributed by atoms with Crippen LogP contribution in [0, 0.1) is 17.8 Å². The first-order valence-corrected chi connectivity index (χ1v) is 8.85. The normalized spacial score (nSPS) is 33.0. The van der Waals surface area contributed by atoms with Crippen LogP contribution < -0.4 is 10.2 Å². The van der Waals surface area contributed by atoms with E-state index in [-0.39, 0.29) is 12.4 Å². The van der Waals surface area contributed by atoms with Crippen molar-refractivity contribution in [2.45, 2.75) is 38.1 Å². The van der Waals surface area contributed by atoms with Crippen LogP contribution in [-0.2, 0) is 0 Å². The number of halogens is 1. The van der Waals surface area contributed by atoms with Crippen molar-refractivity contribution in [2.24, 2.45) is 22.7 Å². The zero-order valence-corrected chi connectivity index (χ0v) is 14.8. The number of anilines is 1. The van der Waals surface area contributed by atoms with Gasteiger partial charge in [0.05, 0.1) is 12.4 Å². The van der Waals surface area contributed by atoms with Gasteiger partial charge in [0.2, 0.25) is 0 Å². The minimum atomic E-state index is 0. The van der Waals surface area contributed by atoms with Crippen LogP contribution in [-0.4, -0.2) is 32.0 Å². The van der Waals surface area contributed by atoms with Gasteiger partial charge in [-0.3, -0.25) is 4.99 Å². The number of para-hydroxylation sites is 1. The summed E-state index contributed by atoms with van der Waals surface area (Å²) in [4.78, 5) is 7.27. The van der Waals surface area contributed by atoms with Gasteiger partial charge in [-0.25, -0.2) is 0 Å². The lowest BCUT2D eigenvalue weighted by Gasteiger charge is -2.37. The Balaban J connectivity index is 0.00000156. The molecule has 2 saturated carbocycles. The molecular formula is C19H28ClN3. The SMILES string of the molecule is CN(CCN=C1NC2CC3CC(C2)CC1C3)c1ccccc1.Cl. The summed E-state index contributed by atoms with van der Waals surface area (Å²) in [5.74, 6) is 3.99. The number of amidine groups is 1. The molecule has 2 heterocycles. The molecule has 4 fully saturated rings. The van der Waals surface area contributed by atoms with Gasteiger partial charge in [-0.1, -0.05) is 18.2 Å². The lowest BCUT2D eigenvalue weighted by molar-refractivity contribution is 0.162. The highest BCUT2D eigenvalue weighted by Crippen LogP contribution is 2.45. The molecule has 4 bridgehead atoms. The van der Waals surface area contributed by atoms with Gasteiger partial charge in [0, 0.05) is 31.2 Å². The summed E-state index contributed by atoms with van der Waals surface area (Å²) in [6, 6.07) is 11.3. The molecule has 0 radical (unpaired) electrons. The first kappa shape index (κ1) is 16.6. The van der Waals surface area contributed by atoms with Gasteiger partial charge in [-0.2, -0.15) is 0 Å². The van der Waals surface area contributed by atoms with Crippen LogP contribution in [0.3, 0.4) is 0 Å². The number of nitrogens with zero attached hydrogens (tertiary/aromatic N) is 2. The minimum Gasteiger partial charge on any atom is -0.373 e. The summed E-state index contributed by atoms with van der Waals surface area (Å²) in [7, 11) is 2.16. The van der Waals surface area contributed by atoms with E-state index in [4.69, 9.17) is 4.99 Å². The molecule has 2 aliphatic heterocycles. The Bertz CT molecular complexity index is 531. The van der Waals surface area contributed by atoms with Crippen LogP contribution in [0.25, 0.3) is 0 Å². The number of benzene rings is 1. The van der Waals surface area contributed by atoms with Crippen molar-refractivity contribution in [1.29, 1.82) is 0 Å². The molecule has 4 heteroatoms. The van der Waals surface area contributed by atoms with E-state index in [1.165, 1.54) is 43.6 Å². The summed E-state index contributed by atoms with van der Waals surface area (Å²) >= 11 is 0. The molecule has 4 aliphatic rings. The average Bonchev–Trinajstić information content (AvgIpc) is 2.72. The van der Waals surface area contributed by atoms with E-state index >= 15 is 0 Å². The van der Waals surface area contributed by atoms with Crippen molar-refractivity contribution in [3.63, 3.8) is 0 Å². The Morgan fingerprint density at radius 3 is 2.43 bits per heavy atom. The highest BCUT2D eigenvalue weighted by atomic mass is 35.5. The molecule has 0 aromatic heterocycles. The molecule has 0 spiro atoms. The molecule has 23 heavy (non-hydrogen) atoms. The Hall–Kier alpha value is -1.22. The summed E-state index contributed by atoms with van der Waals surface area (Å²) < 4.78 is 0. The van der Waals surface area contributed by atoms with Crippen LogP contribution in [0.2, 0.25) is 0 Å². The van der Waals surface area contributed by atoms with E-state index in [9.17, 15) is 0 Å². The third-order valence-corrected chi connectivity index (χ3v) is 5.79. The lowest BCUT2D eigenvalue weighted by atomic mass is 9.68. The van der Waals surface area contributed by atoms with E-state index in [0.29, 0.717) is 6.04 Å². The second-order valence-corrected chi connectivity index (χ2v) is 7.47. The molecule has 126 valence electrons. The molecule has 0 amide bonds. The molecule has 1 aromatic rings. The van der Waals surface area contributed by atoms with Gasteiger partial charge >= 0.3 is 0 Å². The van der Waals surface area contributed by atoms with E-state index in [1.54, 1.807) is 0 Å². The Labute approximate surface area is 146 Å². The first-order valence-electron chi connectivity index (χ1n) is 8.85. The number of hydrogen-bond acceptors (Lipinski definition) is 2. The summed E-state index contributed by atoms with van der Waals surface area (Å²) in [5.41, 5.74) is 1.27. The standard InChI is InChI=1S/C19H27N3.ClH/c1-22(18-5-3-2-4-6-18)8-7-20-19-16-10-14-9-15(11-16)13-17(12-14)21-19;/h2-6,14-17H,7-13H2,1H3,(H,20,21);1H. The number of rotatable bonds is 4. The molecule has 2 atom stereocenters. The van der Waals surface area contributed by atoms with Crippen molar-refractivity contribution in [3.05, 3.63) is 30.3 Å². The second kappa shape index (κ2) is 7.12. The number of hydrogen-bond donors (Lipinski definition) is 1. The van der Waals surface area contributed by atoms with Crippen LogP contribution >= 0.6 is 12.4 Å². The van der Waals surface area contributed by atoms with Crippen LogP contribution in [0.5, 0.6) is 0 Å². The Morgan fingerprint density at radius 2 is 1.74 bits per heavy atom. The van der Waals surface area contributed by atoms with Crippen molar-refractivity contribution < 1.29 is 0 Å². The Morgan fingerprint density at radius 1 is 1.04 bits per heavy atom. The highest BCUT2D eigenvalue weighted by molar-refractivity contribution is 5.86. The number of fused-ring (bicyclic) bond motifs is 1. The van der Waals surface area contributed by atoms with E-state index in [1.807, 2.05) is 0 Å². The van der Waals surface area contributed by atoms with Crippen molar-refractivity contribution in [2.75, 3.05) is 25.0 Å². The number of aliphatic imine (C=N–C) groups is 1. The van der Waals surface area contributed by atoms with Gasteiger partial charge in [0.25, 0.3) is 0 Å². The molecular weight excluding hydrogens is 306 g/mol. The lowest BCUT2D eigenvalue weighted by Crippen LogP contribution is -2.36. The van der Waals surface area contributed by atoms with Gasteiger partial charge in [-0.05, 0) is 56.1 Å². The van der Waals surface area contributed by atoms with E-state index in [2.05, 4.69) is 47.6 Å². The largest absolute Gasteiger partial charge is 0.373 e. The number of likely N-dealkylation sites (N-methyl/N-ethyl adjacent to an activating group) is 1. The summed E-state index contributed by atoms with van der Waals surface area (Å²) in [6.07, 6.45) is 7.02. The highest BCUT2D eigenvalue weighted by Gasteiger charge is 2.41. The quantitative estimate of drug-likeness (QED) is 0.909. The average molecular weight is 334 g/mol. The molecule has 2 saturated heterocycles. The molecule has 3 nitrogen and oxygen atoms in total. The molecule has 1 aromatic carbocycles. The van der Waals surface area contributed by atoms with Gasteiger partial charge in [0.1, 0.15) is 0 Å².